The van der Waals surface area contributed by atoms with Crippen LogP contribution in [-0.2, 0) is 4.79 Å². The molecule has 5 nitrogen and oxygen atoms in total. The second kappa shape index (κ2) is 7.35. The SMILES string of the molecule is CC(C)(C)CC(CNC(=O)NCCC(F)(F)F)C(=O)O. The molecule has 0 aliphatic carbocycles. The first-order valence-electron chi connectivity index (χ1n) is 6.22. The number of hydrogen-bond acceptors (Lipinski definition) is 2. The van der Waals surface area contributed by atoms with E-state index in [1.54, 1.807) is 0 Å². The normalized spacial score (nSPS) is 13.7. The lowest BCUT2D eigenvalue weighted by atomic mass is 9.84. The predicted molar refractivity (Wildman–Crippen MR) is 67.3 cm³/mol. The van der Waals surface area contributed by atoms with E-state index in [2.05, 4.69) is 5.32 Å². The van der Waals surface area contributed by atoms with Crippen molar-refractivity contribution in [1.29, 1.82) is 0 Å². The Morgan fingerprint density at radius 3 is 2.10 bits per heavy atom. The van der Waals surface area contributed by atoms with Crippen LogP contribution >= 0.6 is 0 Å². The summed E-state index contributed by atoms with van der Waals surface area (Å²) in [5.41, 5.74) is -0.225. The van der Waals surface area contributed by atoms with E-state index in [0.29, 0.717) is 6.42 Å². The zero-order valence-corrected chi connectivity index (χ0v) is 11.8. The molecule has 1 unspecified atom stereocenters. The average molecular weight is 298 g/mol. The minimum atomic E-state index is -4.33. The monoisotopic (exact) mass is 298 g/mol. The average Bonchev–Trinajstić information content (AvgIpc) is 2.20. The number of carbonyl (C=O) groups is 2. The maximum atomic E-state index is 11.9. The van der Waals surface area contributed by atoms with Crippen molar-refractivity contribution in [1.82, 2.24) is 10.6 Å². The minimum Gasteiger partial charge on any atom is -0.481 e. The lowest BCUT2D eigenvalue weighted by Gasteiger charge is -2.23. The summed E-state index contributed by atoms with van der Waals surface area (Å²) in [5, 5.41) is 13.3. The quantitative estimate of drug-likeness (QED) is 0.704. The van der Waals surface area contributed by atoms with Crippen molar-refractivity contribution in [3.8, 4) is 0 Å². The van der Waals surface area contributed by atoms with E-state index in [1.165, 1.54) is 0 Å². The molecule has 0 rings (SSSR count). The van der Waals surface area contributed by atoms with Crippen molar-refractivity contribution < 1.29 is 27.9 Å². The molecule has 0 bridgehead atoms. The van der Waals surface area contributed by atoms with E-state index < -0.39 is 37.1 Å². The first-order valence-corrected chi connectivity index (χ1v) is 6.22. The van der Waals surface area contributed by atoms with Crippen molar-refractivity contribution in [3.63, 3.8) is 0 Å². The van der Waals surface area contributed by atoms with Crippen molar-refractivity contribution >= 4 is 12.0 Å². The van der Waals surface area contributed by atoms with Crippen LogP contribution in [0.2, 0.25) is 0 Å². The lowest BCUT2D eigenvalue weighted by molar-refractivity contribution is -0.142. The molecule has 0 heterocycles. The molecule has 0 aliphatic rings. The molecular weight excluding hydrogens is 277 g/mol. The fourth-order valence-corrected chi connectivity index (χ4v) is 1.58. The number of halogens is 3. The number of rotatable bonds is 6. The van der Waals surface area contributed by atoms with Crippen LogP contribution in [0.25, 0.3) is 0 Å². The Bertz CT molecular complexity index is 338. The van der Waals surface area contributed by atoms with Crippen LogP contribution in [-0.4, -0.2) is 36.4 Å². The van der Waals surface area contributed by atoms with Gasteiger partial charge in [-0.15, -0.1) is 0 Å². The highest BCUT2D eigenvalue weighted by Gasteiger charge is 2.27. The fraction of sp³-hybridized carbons (Fsp3) is 0.833. The van der Waals surface area contributed by atoms with Crippen LogP contribution in [0.15, 0.2) is 0 Å². The van der Waals surface area contributed by atoms with Gasteiger partial charge < -0.3 is 15.7 Å². The Morgan fingerprint density at radius 1 is 1.15 bits per heavy atom. The predicted octanol–water partition coefficient (Wildman–Crippen LogP) is 2.38. The van der Waals surface area contributed by atoms with Crippen molar-refractivity contribution in [2.24, 2.45) is 11.3 Å². The van der Waals surface area contributed by atoms with E-state index in [1.807, 2.05) is 26.1 Å². The van der Waals surface area contributed by atoms with E-state index in [4.69, 9.17) is 5.11 Å². The third-order valence-corrected chi connectivity index (χ3v) is 2.41. The second-order valence-electron chi connectivity index (χ2n) is 5.80. The molecule has 0 aliphatic heterocycles. The smallest absolute Gasteiger partial charge is 0.390 e. The van der Waals surface area contributed by atoms with Gasteiger partial charge in [-0.05, 0) is 11.8 Å². The number of carboxylic acid groups (broad SMARTS) is 1. The number of alkyl halides is 3. The molecule has 0 saturated carbocycles. The first-order chi connectivity index (χ1) is 8.91. The summed E-state index contributed by atoms with van der Waals surface area (Å²) >= 11 is 0. The maximum absolute atomic E-state index is 11.9. The summed E-state index contributed by atoms with van der Waals surface area (Å²) in [5.74, 6) is -1.82. The van der Waals surface area contributed by atoms with Gasteiger partial charge in [0, 0.05) is 13.1 Å². The van der Waals surface area contributed by atoms with E-state index in [-0.39, 0.29) is 12.0 Å². The van der Waals surface area contributed by atoms with Gasteiger partial charge in [0.15, 0.2) is 0 Å². The number of nitrogens with one attached hydrogen (secondary N) is 2. The molecule has 0 spiro atoms. The van der Waals surface area contributed by atoms with Crippen LogP contribution in [0, 0.1) is 11.3 Å². The highest BCUT2D eigenvalue weighted by molar-refractivity contribution is 5.75. The van der Waals surface area contributed by atoms with Gasteiger partial charge in [-0.2, -0.15) is 13.2 Å². The highest BCUT2D eigenvalue weighted by Crippen LogP contribution is 2.24. The molecule has 0 aromatic carbocycles. The summed E-state index contributed by atoms with van der Waals surface area (Å²) in [6.07, 6.45) is -5.10. The van der Waals surface area contributed by atoms with Crippen LogP contribution in [0.5, 0.6) is 0 Å². The highest BCUT2D eigenvalue weighted by atomic mass is 19.4. The van der Waals surface area contributed by atoms with Crippen LogP contribution < -0.4 is 10.6 Å². The Morgan fingerprint density at radius 2 is 1.70 bits per heavy atom. The Hall–Kier alpha value is -1.47. The van der Waals surface area contributed by atoms with E-state index in [0.717, 1.165) is 0 Å². The third-order valence-electron chi connectivity index (χ3n) is 2.41. The van der Waals surface area contributed by atoms with Crippen LogP contribution in [0.3, 0.4) is 0 Å². The number of urea groups is 1. The first kappa shape index (κ1) is 18.5. The Balaban J connectivity index is 4.10. The number of carboxylic acids is 1. The summed E-state index contributed by atoms with van der Waals surface area (Å²) < 4.78 is 35.6. The molecule has 20 heavy (non-hydrogen) atoms. The van der Waals surface area contributed by atoms with Crippen molar-refractivity contribution in [3.05, 3.63) is 0 Å². The second-order valence-corrected chi connectivity index (χ2v) is 5.80. The van der Waals surface area contributed by atoms with Crippen LogP contribution in [0.1, 0.15) is 33.6 Å². The molecule has 0 fully saturated rings. The Kier molecular flexibility index (Phi) is 6.81. The molecule has 0 aromatic rings. The number of aliphatic carboxylic acids is 1. The maximum Gasteiger partial charge on any atom is 0.390 e. The van der Waals surface area contributed by atoms with Crippen molar-refractivity contribution in [2.45, 2.75) is 39.8 Å². The summed E-state index contributed by atoms with van der Waals surface area (Å²) in [6, 6.07) is -0.797. The van der Waals surface area contributed by atoms with E-state index >= 15 is 0 Å². The standard InChI is InChI=1S/C12H21F3N2O3/c1-11(2,3)6-8(9(18)19)7-17-10(20)16-5-4-12(13,14)15/h8H,4-7H2,1-3H3,(H,18,19)(H2,16,17,20). The van der Waals surface area contributed by atoms with Gasteiger partial charge in [0.25, 0.3) is 0 Å². The van der Waals surface area contributed by atoms with Gasteiger partial charge in [0.1, 0.15) is 0 Å². The summed E-state index contributed by atoms with van der Waals surface area (Å²) in [6.45, 7) is 4.95. The largest absolute Gasteiger partial charge is 0.481 e. The molecule has 1 atom stereocenters. The molecule has 0 radical (unpaired) electrons. The van der Waals surface area contributed by atoms with E-state index in [9.17, 15) is 22.8 Å². The molecule has 118 valence electrons. The Labute approximate surface area is 115 Å². The molecule has 8 heteroatoms. The van der Waals surface area contributed by atoms with Gasteiger partial charge in [-0.1, -0.05) is 20.8 Å². The fourth-order valence-electron chi connectivity index (χ4n) is 1.58. The molecule has 0 aromatic heterocycles. The zero-order chi connectivity index (χ0) is 16.0. The minimum absolute atomic E-state index is 0.121. The lowest BCUT2D eigenvalue weighted by Crippen LogP contribution is -2.41. The zero-order valence-electron chi connectivity index (χ0n) is 11.8. The molecule has 3 N–H and O–H groups in total. The van der Waals surface area contributed by atoms with Gasteiger partial charge in [-0.25, -0.2) is 4.79 Å². The number of carbonyl (C=O) groups excluding carboxylic acids is 1. The molecular formula is C12H21F3N2O3. The van der Waals surface area contributed by atoms with Crippen molar-refractivity contribution in [2.75, 3.05) is 13.1 Å². The third kappa shape index (κ3) is 10.5. The molecule has 2 amide bonds. The summed E-state index contributed by atoms with van der Waals surface area (Å²) in [4.78, 5) is 22.3. The van der Waals surface area contributed by atoms with Gasteiger partial charge in [-0.3, -0.25) is 4.79 Å². The molecule has 0 saturated heterocycles. The van der Waals surface area contributed by atoms with Crippen LogP contribution in [0.4, 0.5) is 18.0 Å². The van der Waals surface area contributed by atoms with Gasteiger partial charge in [0.2, 0.25) is 0 Å². The number of hydrogen-bond donors (Lipinski definition) is 3. The van der Waals surface area contributed by atoms with Gasteiger partial charge in [0.05, 0.1) is 12.3 Å². The number of amides is 2. The topological polar surface area (TPSA) is 78.4 Å². The van der Waals surface area contributed by atoms with Gasteiger partial charge >= 0.3 is 18.2 Å². The summed E-state index contributed by atoms with van der Waals surface area (Å²) in [7, 11) is 0.